The van der Waals surface area contributed by atoms with E-state index in [1.165, 1.54) is 12.1 Å². The van der Waals surface area contributed by atoms with Gasteiger partial charge >= 0.3 is 5.37 Å². The van der Waals surface area contributed by atoms with Crippen LogP contribution in [0.2, 0.25) is 0 Å². The van der Waals surface area contributed by atoms with Crippen LogP contribution in [-0.2, 0) is 0 Å². The first-order valence-corrected chi connectivity index (χ1v) is 3.69. The van der Waals surface area contributed by atoms with Gasteiger partial charge in [-0.15, -0.1) is 0 Å². The van der Waals surface area contributed by atoms with Gasteiger partial charge in [0.05, 0.1) is 0 Å². The van der Waals surface area contributed by atoms with E-state index in [4.69, 9.17) is 11.6 Å². The Bertz CT molecular complexity index is 314. The van der Waals surface area contributed by atoms with Gasteiger partial charge < -0.3 is 0 Å². The molecule has 1 aromatic carbocycles. The van der Waals surface area contributed by atoms with E-state index in [1.54, 1.807) is 18.2 Å². The van der Waals surface area contributed by atoms with Crippen molar-refractivity contribution in [1.82, 2.24) is 0 Å². The molecule has 0 radical (unpaired) electrons. The summed E-state index contributed by atoms with van der Waals surface area (Å²) in [6.45, 7) is 0. The molecule has 0 unspecified atom stereocenters. The van der Waals surface area contributed by atoms with E-state index in [0.717, 1.165) is 0 Å². The zero-order chi connectivity index (χ0) is 9.84. The maximum absolute atomic E-state index is 10.6. The fraction of sp³-hybridized carbons (Fsp3) is 0. The fourth-order valence-electron chi connectivity index (χ4n) is 0.829. The first-order chi connectivity index (χ1) is 6.13. The minimum Gasteiger partial charge on any atom is -0.249 e. The summed E-state index contributed by atoms with van der Waals surface area (Å²) in [6.07, 6.45) is 0. The Morgan fingerprint density at radius 1 is 1.38 bits per heavy atom. The number of halogens is 1. The number of carbonyl (C=O) groups is 1. The molecule has 6 heteroatoms. The van der Waals surface area contributed by atoms with Crippen LogP contribution in [0.25, 0.3) is 0 Å². The quantitative estimate of drug-likeness (QED) is 0.318. The monoisotopic (exact) mass is 200 g/mol. The molecule has 0 heterocycles. The summed E-state index contributed by atoms with van der Waals surface area (Å²) >= 11 is 5.02. The van der Waals surface area contributed by atoms with Crippen LogP contribution in [-0.4, -0.2) is 10.4 Å². The van der Waals surface area contributed by atoms with Crippen molar-refractivity contribution in [2.45, 2.75) is 0 Å². The summed E-state index contributed by atoms with van der Waals surface area (Å²) in [5.41, 5.74) is 0.132. The van der Waals surface area contributed by atoms with Gasteiger partial charge in [0, 0.05) is 0 Å². The van der Waals surface area contributed by atoms with Gasteiger partial charge in [0.2, 0.25) is 0 Å². The summed E-state index contributed by atoms with van der Waals surface area (Å²) in [4.78, 5) is 21.0. The van der Waals surface area contributed by atoms with Crippen molar-refractivity contribution < 1.29 is 9.83 Å². The van der Waals surface area contributed by atoms with Crippen molar-refractivity contribution in [1.29, 1.82) is 0 Å². The Kier molecular flexibility index (Phi) is 2.81. The molecule has 0 bridgehead atoms. The van der Waals surface area contributed by atoms with Crippen LogP contribution in [0.1, 0.15) is 0 Å². The second-order valence-electron chi connectivity index (χ2n) is 2.14. The Balaban J connectivity index is 3.03. The maximum Gasteiger partial charge on any atom is 0.380 e. The lowest BCUT2D eigenvalue weighted by atomic mass is 10.3. The summed E-state index contributed by atoms with van der Waals surface area (Å²) in [5.74, 6) is 0. The highest BCUT2D eigenvalue weighted by atomic mass is 35.5. The minimum atomic E-state index is -1.14. The third-order valence-electron chi connectivity index (χ3n) is 1.33. The molecule has 0 aromatic heterocycles. The third kappa shape index (κ3) is 2.16. The Morgan fingerprint density at radius 3 is 2.31 bits per heavy atom. The van der Waals surface area contributed by atoms with E-state index in [0.29, 0.717) is 0 Å². The molecule has 68 valence electrons. The normalized spacial score (nSPS) is 9.31. The Morgan fingerprint density at radius 2 is 1.92 bits per heavy atom. The van der Waals surface area contributed by atoms with Gasteiger partial charge in [-0.05, 0) is 28.7 Å². The number of benzene rings is 1. The molecule has 0 fully saturated rings. The van der Waals surface area contributed by atoms with Crippen LogP contribution in [0, 0.1) is 10.1 Å². The van der Waals surface area contributed by atoms with E-state index >= 15 is 0 Å². The van der Waals surface area contributed by atoms with E-state index in [9.17, 15) is 14.9 Å². The number of rotatable bonds is 2. The molecule has 0 aliphatic rings. The van der Waals surface area contributed by atoms with Crippen LogP contribution in [0.3, 0.4) is 0 Å². The average Bonchev–Trinajstić information content (AvgIpc) is 2.04. The predicted octanol–water partition coefficient (Wildman–Crippen LogP) is 2.04. The van der Waals surface area contributed by atoms with Crippen molar-refractivity contribution in [3.05, 3.63) is 40.4 Å². The van der Waals surface area contributed by atoms with Crippen LogP contribution in [0.4, 0.5) is 10.5 Å². The summed E-state index contributed by atoms with van der Waals surface area (Å²) in [7, 11) is 0. The summed E-state index contributed by atoms with van der Waals surface area (Å²) < 4.78 is 0. The van der Waals surface area contributed by atoms with Gasteiger partial charge in [-0.3, -0.25) is 0 Å². The molecule has 13 heavy (non-hydrogen) atoms. The second-order valence-corrected chi connectivity index (χ2v) is 2.46. The van der Waals surface area contributed by atoms with Crippen LogP contribution >= 0.6 is 11.6 Å². The lowest BCUT2D eigenvalue weighted by molar-refractivity contribution is -0.480. The first kappa shape index (κ1) is 9.47. The zero-order valence-electron chi connectivity index (χ0n) is 6.38. The van der Waals surface area contributed by atoms with Crippen molar-refractivity contribution in [2.24, 2.45) is 0 Å². The molecule has 0 saturated carbocycles. The number of nitro groups is 1. The van der Waals surface area contributed by atoms with Gasteiger partial charge in [0.15, 0.2) is 5.03 Å². The van der Waals surface area contributed by atoms with E-state index in [-0.39, 0.29) is 10.7 Å². The number of carbonyl (C=O) groups excluding carboxylic acids is 1. The highest BCUT2D eigenvalue weighted by molar-refractivity contribution is 6.65. The van der Waals surface area contributed by atoms with Crippen LogP contribution < -0.4 is 5.01 Å². The predicted molar refractivity (Wildman–Crippen MR) is 47.2 cm³/mol. The van der Waals surface area contributed by atoms with E-state index < -0.39 is 10.4 Å². The van der Waals surface area contributed by atoms with Crippen LogP contribution in [0.15, 0.2) is 30.3 Å². The largest absolute Gasteiger partial charge is 0.380 e. The van der Waals surface area contributed by atoms with Gasteiger partial charge in [-0.25, -0.2) is 14.9 Å². The second kappa shape index (κ2) is 3.86. The lowest BCUT2D eigenvalue weighted by Crippen LogP contribution is -2.31. The number of hydrazine groups is 1. The number of para-hydroxylation sites is 1. The third-order valence-corrected chi connectivity index (χ3v) is 1.49. The fourth-order valence-corrected chi connectivity index (χ4v) is 0.988. The molecule has 1 rings (SSSR count). The summed E-state index contributed by atoms with van der Waals surface area (Å²) in [6, 6.07) is 7.67. The highest BCUT2D eigenvalue weighted by Crippen LogP contribution is 2.14. The number of anilines is 1. The van der Waals surface area contributed by atoms with Crippen molar-refractivity contribution in [2.75, 3.05) is 5.01 Å². The standard InChI is InChI=1S/C7H5ClN2O3/c8-7(11)9(10(12)13)6-4-2-1-3-5-6/h1-5H. The molecule has 1 aromatic rings. The molecular formula is C7H5ClN2O3. The number of hydrogen-bond acceptors (Lipinski definition) is 3. The maximum atomic E-state index is 10.6. The number of hydrogen-bond donors (Lipinski definition) is 0. The minimum absolute atomic E-state index is 0.132. The number of nitrogens with zero attached hydrogens (tertiary/aromatic N) is 2. The van der Waals surface area contributed by atoms with Gasteiger partial charge in [-0.2, -0.15) is 0 Å². The Labute approximate surface area is 78.6 Å². The molecule has 0 aliphatic heterocycles. The van der Waals surface area contributed by atoms with E-state index in [1.807, 2.05) is 0 Å². The van der Waals surface area contributed by atoms with Crippen molar-refractivity contribution in [3.8, 4) is 0 Å². The van der Waals surface area contributed by atoms with Gasteiger partial charge in [0.25, 0.3) is 0 Å². The molecule has 0 aliphatic carbocycles. The Hall–Kier alpha value is -1.62. The van der Waals surface area contributed by atoms with Crippen molar-refractivity contribution in [3.63, 3.8) is 0 Å². The SMILES string of the molecule is O=C(Cl)N(c1ccccc1)[N+](=O)[O-]. The molecule has 0 N–H and O–H groups in total. The van der Waals surface area contributed by atoms with Crippen molar-refractivity contribution >= 4 is 22.7 Å². The molecular weight excluding hydrogens is 196 g/mol. The highest BCUT2D eigenvalue weighted by Gasteiger charge is 2.23. The molecule has 5 nitrogen and oxygen atoms in total. The summed E-state index contributed by atoms with van der Waals surface area (Å²) in [5, 5.41) is 8.62. The van der Waals surface area contributed by atoms with Crippen LogP contribution in [0.5, 0.6) is 0 Å². The zero-order valence-corrected chi connectivity index (χ0v) is 7.14. The topological polar surface area (TPSA) is 63.5 Å². The number of amides is 1. The average molecular weight is 201 g/mol. The smallest absolute Gasteiger partial charge is 0.249 e. The first-order valence-electron chi connectivity index (χ1n) is 3.32. The van der Waals surface area contributed by atoms with Gasteiger partial charge in [-0.1, -0.05) is 18.2 Å². The van der Waals surface area contributed by atoms with Gasteiger partial charge in [0.1, 0.15) is 5.69 Å². The van der Waals surface area contributed by atoms with E-state index in [2.05, 4.69) is 0 Å². The molecule has 0 saturated heterocycles. The molecule has 0 atom stereocenters. The lowest BCUT2D eigenvalue weighted by Gasteiger charge is -2.07. The molecule has 0 spiro atoms. The molecule has 1 amide bonds.